The smallest absolute Gasteiger partial charge is 0.284 e. The van der Waals surface area contributed by atoms with Crippen molar-refractivity contribution in [2.24, 2.45) is 5.92 Å². The van der Waals surface area contributed by atoms with Gasteiger partial charge in [0.05, 0.1) is 30.6 Å². The lowest BCUT2D eigenvalue weighted by Gasteiger charge is -2.31. The zero-order valence-electron chi connectivity index (χ0n) is 19.3. The fourth-order valence-corrected chi connectivity index (χ4v) is 4.76. The van der Waals surface area contributed by atoms with Crippen LogP contribution in [0.15, 0.2) is 24.7 Å². The zero-order valence-corrected chi connectivity index (χ0v) is 19.3. The Morgan fingerprint density at radius 3 is 2.80 bits per heavy atom. The van der Waals surface area contributed by atoms with Gasteiger partial charge >= 0.3 is 0 Å². The fourth-order valence-electron chi connectivity index (χ4n) is 4.76. The Bertz CT molecular complexity index is 1220. The van der Waals surface area contributed by atoms with E-state index in [4.69, 9.17) is 4.74 Å². The standard InChI is InChI=1S/C23H27F2N7O3/c1-14-11-30(8-9-35-14)19-6-7-31-22(28-19)17(10-26-31)23(34)27-18-12-32(29-20(18)21(24)25)16-4-2-15(13-33)3-5-16/h6-7,10,12-16,21H,2-5,8-9,11H2,1H3,(H,27,34)/t14-,15?,16?/m0/s1. The maximum atomic E-state index is 13.7. The number of aldehydes is 1. The number of nitrogens with one attached hydrogen (secondary N) is 1. The first-order chi connectivity index (χ1) is 16.9. The van der Waals surface area contributed by atoms with Crippen LogP contribution >= 0.6 is 0 Å². The third kappa shape index (κ3) is 4.75. The molecule has 1 N–H and O–H groups in total. The molecule has 35 heavy (non-hydrogen) atoms. The van der Waals surface area contributed by atoms with E-state index in [1.54, 1.807) is 6.20 Å². The molecule has 0 aromatic carbocycles. The van der Waals surface area contributed by atoms with Crippen LogP contribution in [0.5, 0.6) is 0 Å². The average Bonchev–Trinajstić information content (AvgIpc) is 3.48. The minimum absolute atomic E-state index is 0.00393. The highest BCUT2D eigenvalue weighted by atomic mass is 19.3. The summed E-state index contributed by atoms with van der Waals surface area (Å²) in [6, 6.07) is 1.73. The van der Waals surface area contributed by atoms with Gasteiger partial charge in [0.1, 0.15) is 17.7 Å². The molecule has 0 unspecified atom stereocenters. The molecule has 12 heteroatoms. The molecule has 2 fully saturated rings. The predicted octanol–water partition coefficient (Wildman–Crippen LogP) is 3.27. The molecular formula is C23H27F2N7O3. The normalized spacial score (nSPS) is 23.1. The van der Waals surface area contributed by atoms with Gasteiger partial charge in [-0.05, 0) is 38.7 Å². The number of anilines is 2. The van der Waals surface area contributed by atoms with Gasteiger partial charge in [0.25, 0.3) is 12.3 Å². The second-order valence-corrected chi connectivity index (χ2v) is 9.11. The monoisotopic (exact) mass is 487 g/mol. The van der Waals surface area contributed by atoms with Crippen LogP contribution in [0.1, 0.15) is 61.1 Å². The Hall–Kier alpha value is -3.41. The minimum atomic E-state index is -2.85. The topological polar surface area (TPSA) is 107 Å². The number of carbonyl (C=O) groups is 2. The van der Waals surface area contributed by atoms with Gasteiger partial charge in [-0.1, -0.05) is 0 Å². The number of fused-ring (bicyclic) bond motifs is 1. The van der Waals surface area contributed by atoms with Crippen molar-refractivity contribution in [2.75, 3.05) is 29.9 Å². The highest BCUT2D eigenvalue weighted by Gasteiger charge is 2.27. The lowest BCUT2D eigenvalue weighted by Crippen LogP contribution is -2.41. The summed E-state index contributed by atoms with van der Waals surface area (Å²) in [5, 5.41) is 10.8. The molecule has 1 amide bonds. The number of nitrogens with zero attached hydrogens (tertiary/aromatic N) is 6. The van der Waals surface area contributed by atoms with Crippen molar-refractivity contribution in [1.82, 2.24) is 24.4 Å². The Balaban J connectivity index is 1.38. The lowest BCUT2D eigenvalue weighted by molar-refractivity contribution is -0.112. The number of rotatable bonds is 6. The SMILES string of the molecule is C[C@H]1CN(c2ccn3ncc(C(=O)Nc4cn(C5CCC(C=O)CC5)nc4C(F)F)c3n2)CCO1. The van der Waals surface area contributed by atoms with Crippen LogP contribution < -0.4 is 10.2 Å². The predicted molar refractivity (Wildman–Crippen MR) is 123 cm³/mol. The molecule has 3 aromatic heterocycles. The molecule has 0 bridgehead atoms. The Labute approximate surface area is 200 Å². The highest BCUT2D eigenvalue weighted by molar-refractivity contribution is 6.08. The number of carbonyl (C=O) groups excluding carboxylic acids is 2. The molecule has 1 saturated heterocycles. The second kappa shape index (κ2) is 9.68. The molecule has 4 heterocycles. The van der Waals surface area contributed by atoms with Gasteiger partial charge in [-0.15, -0.1) is 0 Å². The van der Waals surface area contributed by atoms with Crippen molar-refractivity contribution >= 4 is 29.3 Å². The van der Waals surface area contributed by atoms with Crippen LogP contribution in [0.4, 0.5) is 20.3 Å². The molecule has 5 rings (SSSR count). The van der Waals surface area contributed by atoms with Crippen LogP contribution in [0.25, 0.3) is 5.65 Å². The molecule has 0 radical (unpaired) electrons. The van der Waals surface area contributed by atoms with Gasteiger partial charge < -0.3 is 19.7 Å². The number of hydrogen-bond acceptors (Lipinski definition) is 7. The summed E-state index contributed by atoms with van der Waals surface area (Å²) in [4.78, 5) is 30.8. The molecular weight excluding hydrogens is 460 g/mol. The van der Waals surface area contributed by atoms with Gasteiger partial charge in [0, 0.05) is 31.4 Å². The summed E-state index contributed by atoms with van der Waals surface area (Å²) in [5.74, 6) is 0.101. The van der Waals surface area contributed by atoms with Crippen LogP contribution in [-0.4, -0.2) is 62.4 Å². The Kier molecular flexibility index (Phi) is 6.46. The minimum Gasteiger partial charge on any atom is -0.375 e. The molecule has 3 aromatic rings. The van der Waals surface area contributed by atoms with E-state index in [1.807, 2.05) is 13.0 Å². The molecule has 186 valence electrons. The van der Waals surface area contributed by atoms with Crippen LogP contribution in [-0.2, 0) is 9.53 Å². The van der Waals surface area contributed by atoms with Gasteiger partial charge in [-0.2, -0.15) is 10.2 Å². The third-order valence-electron chi connectivity index (χ3n) is 6.69. The highest BCUT2D eigenvalue weighted by Crippen LogP contribution is 2.34. The lowest BCUT2D eigenvalue weighted by atomic mass is 9.87. The number of hydrogen-bond donors (Lipinski definition) is 1. The van der Waals surface area contributed by atoms with E-state index in [-0.39, 0.29) is 29.3 Å². The number of amides is 1. The van der Waals surface area contributed by atoms with Crippen LogP contribution in [0.3, 0.4) is 0 Å². The molecule has 2 aliphatic rings. The third-order valence-corrected chi connectivity index (χ3v) is 6.69. The van der Waals surface area contributed by atoms with E-state index >= 15 is 0 Å². The van der Waals surface area contributed by atoms with Gasteiger partial charge in [0.15, 0.2) is 11.3 Å². The number of aromatic nitrogens is 5. The van der Waals surface area contributed by atoms with Crippen molar-refractivity contribution in [3.05, 3.63) is 35.9 Å². The quantitative estimate of drug-likeness (QED) is 0.532. The first-order valence-electron chi connectivity index (χ1n) is 11.8. The second-order valence-electron chi connectivity index (χ2n) is 9.11. The van der Waals surface area contributed by atoms with E-state index in [0.29, 0.717) is 56.8 Å². The first-order valence-corrected chi connectivity index (χ1v) is 11.8. The molecule has 1 aliphatic heterocycles. The summed E-state index contributed by atoms with van der Waals surface area (Å²) in [7, 11) is 0. The number of ether oxygens (including phenoxy) is 1. The van der Waals surface area contributed by atoms with E-state index in [9.17, 15) is 18.4 Å². The Morgan fingerprint density at radius 1 is 1.29 bits per heavy atom. The van der Waals surface area contributed by atoms with E-state index in [2.05, 4.69) is 25.4 Å². The molecule has 0 spiro atoms. The molecule has 10 nitrogen and oxygen atoms in total. The van der Waals surface area contributed by atoms with Crippen LogP contribution in [0, 0.1) is 5.92 Å². The van der Waals surface area contributed by atoms with Crippen molar-refractivity contribution in [3.8, 4) is 0 Å². The molecule has 1 aliphatic carbocycles. The van der Waals surface area contributed by atoms with Crippen LogP contribution in [0.2, 0.25) is 0 Å². The summed E-state index contributed by atoms with van der Waals surface area (Å²) < 4.78 is 36.0. The van der Waals surface area contributed by atoms with E-state index in [1.165, 1.54) is 21.6 Å². The summed E-state index contributed by atoms with van der Waals surface area (Å²) in [6.07, 6.45) is 5.42. The maximum absolute atomic E-state index is 13.7. The largest absolute Gasteiger partial charge is 0.375 e. The average molecular weight is 488 g/mol. The molecule has 1 atom stereocenters. The van der Waals surface area contributed by atoms with E-state index < -0.39 is 18.0 Å². The summed E-state index contributed by atoms with van der Waals surface area (Å²) in [5.41, 5.74) is -0.0201. The first kappa shape index (κ1) is 23.3. The zero-order chi connectivity index (χ0) is 24.5. The summed E-state index contributed by atoms with van der Waals surface area (Å²) >= 11 is 0. The fraction of sp³-hybridized carbons (Fsp3) is 0.522. The van der Waals surface area contributed by atoms with E-state index in [0.717, 1.165) is 6.29 Å². The maximum Gasteiger partial charge on any atom is 0.284 e. The van der Waals surface area contributed by atoms with Gasteiger partial charge in [-0.25, -0.2) is 18.3 Å². The van der Waals surface area contributed by atoms with Gasteiger partial charge in [0.2, 0.25) is 0 Å². The van der Waals surface area contributed by atoms with Crippen molar-refractivity contribution in [2.45, 2.75) is 51.2 Å². The number of morpholine rings is 1. The summed E-state index contributed by atoms with van der Waals surface area (Å²) in [6.45, 7) is 3.91. The molecule has 1 saturated carbocycles. The number of alkyl halides is 2. The van der Waals surface area contributed by atoms with Gasteiger partial charge in [-0.3, -0.25) is 9.48 Å². The number of halogens is 2. The van der Waals surface area contributed by atoms with Crippen molar-refractivity contribution < 1.29 is 23.1 Å². The Morgan fingerprint density at radius 2 is 2.09 bits per heavy atom. The van der Waals surface area contributed by atoms with Crippen molar-refractivity contribution in [3.63, 3.8) is 0 Å². The van der Waals surface area contributed by atoms with Crippen molar-refractivity contribution in [1.29, 1.82) is 0 Å².